The van der Waals surface area contributed by atoms with Crippen LogP contribution in [0.3, 0.4) is 0 Å². The first-order valence-electron chi connectivity index (χ1n) is 7.95. The molecule has 28 heavy (non-hydrogen) atoms. The van der Waals surface area contributed by atoms with Crippen LogP contribution in [0.4, 0.5) is 29.1 Å². The average molecular weight is 410 g/mol. The lowest BCUT2D eigenvalue weighted by molar-refractivity contribution is 0.417. The van der Waals surface area contributed by atoms with Gasteiger partial charge in [-0.15, -0.1) is 0 Å². The van der Waals surface area contributed by atoms with E-state index in [1.807, 2.05) is 0 Å². The van der Waals surface area contributed by atoms with Gasteiger partial charge in [0.15, 0.2) is 34.2 Å². The summed E-state index contributed by atoms with van der Waals surface area (Å²) in [6, 6.07) is 8.75. The summed E-state index contributed by atoms with van der Waals surface area (Å²) in [4.78, 5) is 0. The molecular formula is C18H14F4N4OS. The van der Waals surface area contributed by atoms with Gasteiger partial charge in [-0.2, -0.15) is 5.10 Å². The monoisotopic (exact) mass is 410 g/mol. The molecule has 0 bridgehead atoms. The first-order chi connectivity index (χ1) is 13.4. The van der Waals surface area contributed by atoms with E-state index in [1.54, 1.807) is 24.3 Å². The highest BCUT2D eigenvalue weighted by Gasteiger charge is 2.19. The number of aromatic nitrogens is 2. The lowest BCUT2D eigenvalue weighted by Crippen LogP contribution is -2.20. The van der Waals surface area contributed by atoms with Crippen LogP contribution in [-0.4, -0.2) is 22.0 Å². The Morgan fingerprint density at radius 3 is 2.43 bits per heavy atom. The fraction of sp³-hybridized carbons (Fsp3) is 0.111. The van der Waals surface area contributed by atoms with Gasteiger partial charge in [0, 0.05) is 18.3 Å². The molecular weight excluding hydrogens is 396 g/mol. The smallest absolute Gasteiger partial charge is 0.176 e. The van der Waals surface area contributed by atoms with Crippen molar-refractivity contribution >= 4 is 28.8 Å². The normalized spacial score (nSPS) is 10.6. The quantitative estimate of drug-likeness (QED) is 0.373. The summed E-state index contributed by atoms with van der Waals surface area (Å²) in [5.41, 5.74) is -0.136. The Hall–Kier alpha value is -3.14. The van der Waals surface area contributed by atoms with Crippen molar-refractivity contribution in [3.8, 4) is 5.75 Å². The predicted octanol–water partition coefficient (Wildman–Crippen LogP) is 4.31. The van der Waals surface area contributed by atoms with Crippen molar-refractivity contribution in [2.75, 3.05) is 17.7 Å². The lowest BCUT2D eigenvalue weighted by Gasteiger charge is -2.12. The van der Waals surface area contributed by atoms with E-state index in [9.17, 15) is 17.6 Å². The van der Waals surface area contributed by atoms with Gasteiger partial charge in [-0.05, 0) is 24.4 Å². The number of para-hydroxylation sites is 2. The molecule has 1 aromatic heterocycles. The molecule has 10 heteroatoms. The number of rotatable bonds is 5. The largest absolute Gasteiger partial charge is 0.495 e. The van der Waals surface area contributed by atoms with E-state index in [0.717, 1.165) is 4.68 Å². The number of halogens is 4. The third-order valence-electron chi connectivity index (χ3n) is 3.76. The van der Waals surface area contributed by atoms with E-state index in [2.05, 4.69) is 15.7 Å². The highest BCUT2D eigenvalue weighted by Crippen LogP contribution is 2.23. The minimum Gasteiger partial charge on any atom is -0.495 e. The van der Waals surface area contributed by atoms with E-state index in [-0.39, 0.29) is 17.0 Å². The predicted molar refractivity (Wildman–Crippen MR) is 100 cm³/mol. The zero-order chi connectivity index (χ0) is 20.3. The third-order valence-corrected chi connectivity index (χ3v) is 3.96. The summed E-state index contributed by atoms with van der Waals surface area (Å²) in [5, 5.41) is 9.96. The Balaban J connectivity index is 1.70. The van der Waals surface area contributed by atoms with Crippen LogP contribution < -0.4 is 15.4 Å². The molecule has 3 rings (SSSR count). The van der Waals surface area contributed by atoms with E-state index in [1.165, 1.54) is 19.4 Å². The van der Waals surface area contributed by atoms with Crippen LogP contribution in [0.25, 0.3) is 0 Å². The van der Waals surface area contributed by atoms with Crippen LogP contribution in [0.2, 0.25) is 0 Å². The second-order valence-electron chi connectivity index (χ2n) is 5.62. The number of methoxy groups -OCH3 is 1. The Bertz CT molecular complexity index is 999. The molecule has 1 heterocycles. The van der Waals surface area contributed by atoms with Crippen molar-refractivity contribution in [3.63, 3.8) is 0 Å². The Labute approximate surface area is 162 Å². The second-order valence-corrected chi connectivity index (χ2v) is 6.03. The van der Waals surface area contributed by atoms with Crippen LogP contribution in [0.15, 0.2) is 42.6 Å². The molecule has 0 spiro atoms. The standard InChI is InChI=1S/C18H14F4N4OS/c1-27-14-5-3-2-4-13(14)23-18(28)24-15-6-7-26(25-15)9-10-16(21)11(19)8-12(20)17(10)22/h2-8H,9H2,1H3,(H2,23,24,25,28). The summed E-state index contributed by atoms with van der Waals surface area (Å²) in [5.74, 6) is -5.01. The van der Waals surface area contributed by atoms with E-state index < -0.39 is 35.4 Å². The van der Waals surface area contributed by atoms with Crippen molar-refractivity contribution in [3.05, 3.63) is 71.4 Å². The zero-order valence-electron chi connectivity index (χ0n) is 14.5. The van der Waals surface area contributed by atoms with Crippen LogP contribution in [0.1, 0.15) is 5.56 Å². The maximum Gasteiger partial charge on any atom is 0.176 e. The van der Waals surface area contributed by atoms with Crippen LogP contribution in [0, 0.1) is 23.3 Å². The number of thiocarbonyl (C=S) groups is 1. The van der Waals surface area contributed by atoms with E-state index >= 15 is 0 Å². The molecule has 0 fully saturated rings. The summed E-state index contributed by atoms with van der Waals surface area (Å²) in [7, 11) is 1.52. The fourth-order valence-electron chi connectivity index (χ4n) is 2.46. The molecule has 146 valence electrons. The molecule has 0 saturated heterocycles. The highest BCUT2D eigenvalue weighted by molar-refractivity contribution is 7.80. The van der Waals surface area contributed by atoms with Crippen molar-refractivity contribution in [1.29, 1.82) is 0 Å². The van der Waals surface area contributed by atoms with Gasteiger partial charge >= 0.3 is 0 Å². The minimum atomic E-state index is -1.47. The topological polar surface area (TPSA) is 51.1 Å². The third kappa shape index (κ3) is 4.22. The van der Waals surface area contributed by atoms with Gasteiger partial charge in [-0.25, -0.2) is 17.6 Å². The molecule has 0 radical (unpaired) electrons. The zero-order valence-corrected chi connectivity index (χ0v) is 15.3. The number of anilines is 2. The summed E-state index contributed by atoms with van der Waals surface area (Å²) in [6.07, 6.45) is 1.38. The number of nitrogens with one attached hydrogen (secondary N) is 2. The molecule has 0 unspecified atom stereocenters. The number of hydrogen-bond acceptors (Lipinski definition) is 3. The maximum absolute atomic E-state index is 13.8. The molecule has 0 amide bonds. The van der Waals surface area contributed by atoms with E-state index in [0.29, 0.717) is 11.4 Å². The van der Waals surface area contributed by atoms with Crippen molar-refractivity contribution < 1.29 is 22.3 Å². The van der Waals surface area contributed by atoms with Crippen molar-refractivity contribution in [1.82, 2.24) is 9.78 Å². The SMILES string of the molecule is COc1ccccc1NC(=S)Nc1ccn(Cc2c(F)c(F)cc(F)c2F)n1. The van der Waals surface area contributed by atoms with Crippen LogP contribution in [0.5, 0.6) is 5.75 Å². The molecule has 0 aliphatic heterocycles. The maximum atomic E-state index is 13.8. The Morgan fingerprint density at radius 2 is 1.75 bits per heavy atom. The van der Waals surface area contributed by atoms with Gasteiger partial charge in [0.2, 0.25) is 0 Å². The van der Waals surface area contributed by atoms with Crippen LogP contribution >= 0.6 is 12.2 Å². The van der Waals surface area contributed by atoms with Crippen molar-refractivity contribution in [2.45, 2.75) is 6.54 Å². The average Bonchev–Trinajstić information content (AvgIpc) is 3.11. The molecule has 2 N–H and O–H groups in total. The van der Waals surface area contributed by atoms with Gasteiger partial charge in [0.25, 0.3) is 0 Å². The molecule has 0 atom stereocenters. The Morgan fingerprint density at radius 1 is 1.07 bits per heavy atom. The summed E-state index contributed by atoms with van der Waals surface area (Å²) < 4.78 is 60.5. The molecule has 0 saturated carbocycles. The number of nitrogens with zero attached hydrogens (tertiary/aromatic N) is 2. The number of hydrogen-bond donors (Lipinski definition) is 2. The first kappa shape index (κ1) is 19.6. The minimum absolute atomic E-state index is 0.159. The molecule has 2 aromatic carbocycles. The molecule has 3 aromatic rings. The summed E-state index contributed by atoms with van der Waals surface area (Å²) in [6.45, 7) is -0.499. The van der Waals surface area contributed by atoms with Gasteiger partial charge in [0.05, 0.1) is 24.9 Å². The molecule has 0 aliphatic rings. The van der Waals surface area contributed by atoms with Crippen LogP contribution in [-0.2, 0) is 6.54 Å². The van der Waals surface area contributed by atoms with Gasteiger partial charge in [-0.3, -0.25) is 4.68 Å². The van der Waals surface area contributed by atoms with Gasteiger partial charge < -0.3 is 15.4 Å². The number of ether oxygens (including phenoxy) is 1. The van der Waals surface area contributed by atoms with Gasteiger partial charge in [0.1, 0.15) is 5.75 Å². The number of benzene rings is 2. The first-order valence-corrected chi connectivity index (χ1v) is 8.36. The van der Waals surface area contributed by atoms with E-state index in [4.69, 9.17) is 17.0 Å². The van der Waals surface area contributed by atoms with Gasteiger partial charge in [-0.1, -0.05) is 12.1 Å². The molecule has 0 aliphatic carbocycles. The fourth-order valence-corrected chi connectivity index (χ4v) is 2.67. The second kappa shape index (κ2) is 8.26. The van der Waals surface area contributed by atoms with Crippen molar-refractivity contribution in [2.24, 2.45) is 0 Å². The lowest BCUT2D eigenvalue weighted by atomic mass is 10.2. The Kier molecular flexibility index (Phi) is 5.78. The summed E-state index contributed by atoms with van der Waals surface area (Å²) >= 11 is 5.19. The molecule has 5 nitrogen and oxygen atoms in total. The highest BCUT2D eigenvalue weighted by atomic mass is 32.1.